The summed E-state index contributed by atoms with van der Waals surface area (Å²) >= 11 is 5.45. The van der Waals surface area contributed by atoms with Crippen molar-refractivity contribution in [2.24, 2.45) is 0 Å². The molecule has 0 aliphatic rings. The molecule has 1 N–H and O–H groups in total. The Bertz CT molecular complexity index is 597. The predicted molar refractivity (Wildman–Crippen MR) is 53.8 cm³/mol. The first kappa shape index (κ1) is 11.5. The lowest BCUT2D eigenvalue weighted by Gasteiger charge is -2.00. The van der Waals surface area contributed by atoms with Crippen LogP contribution in [-0.4, -0.2) is 16.2 Å². The highest BCUT2D eigenvalue weighted by Gasteiger charge is 2.17. The fourth-order valence-electron chi connectivity index (χ4n) is 1.25. The van der Waals surface area contributed by atoms with Gasteiger partial charge in [0, 0.05) is 11.6 Å². The van der Waals surface area contributed by atoms with E-state index < -0.39 is 28.4 Å². The lowest BCUT2D eigenvalue weighted by atomic mass is 10.1. The zero-order valence-corrected chi connectivity index (χ0v) is 8.83. The molecule has 0 saturated heterocycles. The third-order valence-electron chi connectivity index (χ3n) is 1.99. The summed E-state index contributed by atoms with van der Waals surface area (Å²) in [7, 11) is 0. The minimum Gasteiger partial charge on any atom is -0.475 e. The third-order valence-corrected chi connectivity index (χ3v) is 2.26. The fraction of sp³-hybridized carbons (Fsp3) is 0. The molecule has 2 aromatic rings. The summed E-state index contributed by atoms with van der Waals surface area (Å²) < 4.78 is 31.0. The Morgan fingerprint density at radius 1 is 1.35 bits per heavy atom. The molecule has 1 aromatic carbocycles. The third kappa shape index (κ3) is 2.12. The highest BCUT2D eigenvalue weighted by Crippen LogP contribution is 2.28. The van der Waals surface area contributed by atoms with Crippen LogP contribution < -0.4 is 0 Å². The molecule has 1 aromatic heterocycles. The van der Waals surface area contributed by atoms with Gasteiger partial charge in [-0.3, -0.25) is 0 Å². The molecular weight excluding hydrogens is 256 g/mol. The van der Waals surface area contributed by atoms with Crippen molar-refractivity contribution in [1.29, 1.82) is 0 Å². The molecular formula is C10H4ClF2NO3. The van der Waals surface area contributed by atoms with Gasteiger partial charge in [-0.2, -0.15) is 0 Å². The molecule has 0 amide bonds. The van der Waals surface area contributed by atoms with E-state index in [0.717, 1.165) is 18.2 Å². The first-order valence-corrected chi connectivity index (χ1v) is 4.71. The van der Waals surface area contributed by atoms with Crippen molar-refractivity contribution in [2.45, 2.75) is 0 Å². The Hall–Kier alpha value is -1.95. The molecule has 0 aliphatic heterocycles. The molecule has 4 nitrogen and oxygen atoms in total. The first-order chi connectivity index (χ1) is 7.99. The molecule has 0 fully saturated rings. The van der Waals surface area contributed by atoms with Crippen LogP contribution in [0.15, 0.2) is 22.7 Å². The molecule has 0 spiro atoms. The van der Waals surface area contributed by atoms with Gasteiger partial charge in [-0.15, -0.1) is 0 Å². The Labute approximate surface area is 98.4 Å². The second-order valence-corrected chi connectivity index (χ2v) is 3.54. The summed E-state index contributed by atoms with van der Waals surface area (Å²) in [6.45, 7) is 0. The number of carbonyl (C=O) groups is 1. The number of carboxylic acids is 1. The Kier molecular flexibility index (Phi) is 2.81. The summed E-state index contributed by atoms with van der Waals surface area (Å²) in [5.41, 5.74) is -0.396. The summed E-state index contributed by atoms with van der Waals surface area (Å²) in [6.07, 6.45) is 0. The molecule has 0 radical (unpaired) electrons. The zero-order chi connectivity index (χ0) is 12.6. The maximum atomic E-state index is 13.6. The number of carboxylic acid groups (broad SMARTS) is 1. The predicted octanol–water partition coefficient (Wildman–Crippen LogP) is 2.97. The smallest absolute Gasteiger partial charge is 0.374 e. The van der Waals surface area contributed by atoms with Crippen molar-refractivity contribution in [1.82, 2.24) is 5.16 Å². The van der Waals surface area contributed by atoms with E-state index in [9.17, 15) is 13.6 Å². The minimum absolute atomic E-state index is 0.138. The largest absolute Gasteiger partial charge is 0.475 e. The SMILES string of the molecule is O=C(O)c1cc(-c2cc(F)cc(Cl)c2F)no1. The van der Waals surface area contributed by atoms with Gasteiger partial charge in [0.15, 0.2) is 5.82 Å². The van der Waals surface area contributed by atoms with E-state index in [2.05, 4.69) is 9.68 Å². The number of hydrogen-bond acceptors (Lipinski definition) is 3. The van der Waals surface area contributed by atoms with Crippen LogP contribution in [0.1, 0.15) is 10.6 Å². The Balaban J connectivity index is 2.56. The molecule has 1 heterocycles. The van der Waals surface area contributed by atoms with Crippen molar-refractivity contribution in [2.75, 3.05) is 0 Å². The number of halogens is 3. The van der Waals surface area contributed by atoms with Crippen LogP contribution in [0, 0.1) is 11.6 Å². The number of aromatic carboxylic acids is 1. The standard InChI is InChI=1S/C10H4ClF2NO3/c11-6-2-4(12)1-5(9(6)13)7-3-8(10(15)16)17-14-7/h1-3H,(H,15,16). The molecule has 0 saturated carbocycles. The van der Waals surface area contributed by atoms with Crippen molar-refractivity contribution in [3.63, 3.8) is 0 Å². The van der Waals surface area contributed by atoms with Crippen LogP contribution in [0.3, 0.4) is 0 Å². The number of aromatic nitrogens is 1. The number of benzene rings is 1. The first-order valence-electron chi connectivity index (χ1n) is 4.34. The van der Waals surface area contributed by atoms with E-state index in [4.69, 9.17) is 16.7 Å². The lowest BCUT2D eigenvalue weighted by Crippen LogP contribution is -1.92. The van der Waals surface area contributed by atoms with Gasteiger partial charge in [-0.1, -0.05) is 16.8 Å². The van der Waals surface area contributed by atoms with Gasteiger partial charge in [0.1, 0.15) is 11.5 Å². The van der Waals surface area contributed by atoms with Crippen LogP contribution in [-0.2, 0) is 0 Å². The van der Waals surface area contributed by atoms with Gasteiger partial charge in [0.2, 0.25) is 5.76 Å². The van der Waals surface area contributed by atoms with E-state index in [-0.39, 0.29) is 11.3 Å². The van der Waals surface area contributed by atoms with Crippen LogP contribution >= 0.6 is 11.6 Å². The Morgan fingerprint density at radius 2 is 2.06 bits per heavy atom. The topological polar surface area (TPSA) is 63.3 Å². The van der Waals surface area contributed by atoms with Crippen molar-refractivity contribution >= 4 is 17.6 Å². The minimum atomic E-state index is -1.35. The van der Waals surface area contributed by atoms with Gasteiger partial charge in [-0.05, 0) is 12.1 Å². The van der Waals surface area contributed by atoms with E-state index in [1.165, 1.54) is 0 Å². The fourth-order valence-corrected chi connectivity index (χ4v) is 1.45. The average Bonchev–Trinajstić information content (AvgIpc) is 2.72. The molecule has 0 atom stereocenters. The van der Waals surface area contributed by atoms with Gasteiger partial charge in [0.25, 0.3) is 0 Å². The summed E-state index contributed by atoms with van der Waals surface area (Å²) in [4.78, 5) is 10.5. The van der Waals surface area contributed by atoms with E-state index >= 15 is 0 Å². The molecule has 7 heteroatoms. The molecule has 0 bridgehead atoms. The van der Waals surface area contributed by atoms with Gasteiger partial charge in [-0.25, -0.2) is 13.6 Å². The molecule has 0 aliphatic carbocycles. The molecule has 17 heavy (non-hydrogen) atoms. The van der Waals surface area contributed by atoms with Gasteiger partial charge in [0.05, 0.1) is 5.02 Å². The van der Waals surface area contributed by atoms with Crippen LogP contribution in [0.25, 0.3) is 11.3 Å². The highest BCUT2D eigenvalue weighted by atomic mass is 35.5. The van der Waals surface area contributed by atoms with Crippen molar-refractivity contribution in [3.8, 4) is 11.3 Å². The molecule has 88 valence electrons. The van der Waals surface area contributed by atoms with Crippen LogP contribution in [0.2, 0.25) is 5.02 Å². The highest BCUT2D eigenvalue weighted by molar-refractivity contribution is 6.31. The zero-order valence-electron chi connectivity index (χ0n) is 8.08. The van der Waals surface area contributed by atoms with Crippen LogP contribution in [0.5, 0.6) is 0 Å². The maximum absolute atomic E-state index is 13.6. The molecule has 2 rings (SSSR count). The number of rotatable bonds is 2. The van der Waals surface area contributed by atoms with Gasteiger partial charge < -0.3 is 9.63 Å². The summed E-state index contributed by atoms with van der Waals surface area (Å²) in [5, 5.41) is 11.5. The maximum Gasteiger partial charge on any atom is 0.374 e. The van der Waals surface area contributed by atoms with E-state index in [1.54, 1.807) is 0 Å². The second kappa shape index (κ2) is 4.14. The summed E-state index contributed by atoms with van der Waals surface area (Å²) in [6, 6.07) is 2.64. The van der Waals surface area contributed by atoms with Crippen molar-refractivity contribution in [3.05, 3.63) is 40.6 Å². The Morgan fingerprint density at radius 3 is 2.65 bits per heavy atom. The number of nitrogens with zero attached hydrogens (tertiary/aromatic N) is 1. The average molecular weight is 260 g/mol. The van der Waals surface area contributed by atoms with Crippen LogP contribution in [0.4, 0.5) is 8.78 Å². The monoisotopic (exact) mass is 259 g/mol. The van der Waals surface area contributed by atoms with E-state index in [1.807, 2.05) is 0 Å². The second-order valence-electron chi connectivity index (χ2n) is 3.13. The van der Waals surface area contributed by atoms with Gasteiger partial charge >= 0.3 is 5.97 Å². The quantitative estimate of drug-likeness (QED) is 0.842. The van der Waals surface area contributed by atoms with Crippen molar-refractivity contribution < 1.29 is 23.2 Å². The summed E-state index contributed by atoms with van der Waals surface area (Å²) in [5.74, 6) is -3.48. The van der Waals surface area contributed by atoms with E-state index in [0.29, 0.717) is 0 Å². The molecule has 0 unspecified atom stereocenters. The lowest BCUT2D eigenvalue weighted by molar-refractivity contribution is 0.0652. The number of hydrogen-bond donors (Lipinski definition) is 1. The normalized spacial score (nSPS) is 10.5.